The number of hydrogen-bond acceptors (Lipinski definition) is 5. The molecule has 106 valence electrons. The lowest BCUT2D eigenvalue weighted by molar-refractivity contribution is -0.129. The molecule has 0 spiro atoms. The van der Waals surface area contributed by atoms with Gasteiger partial charge in [-0.2, -0.15) is 0 Å². The highest BCUT2D eigenvalue weighted by Crippen LogP contribution is 2.22. The van der Waals surface area contributed by atoms with Gasteiger partial charge in [0.25, 0.3) is 0 Å². The lowest BCUT2D eigenvalue weighted by Gasteiger charge is -2.39. The third-order valence-electron chi connectivity index (χ3n) is 3.97. The number of rotatable bonds is 4. The summed E-state index contributed by atoms with van der Waals surface area (Å²) in [5.74, 6) is 0.267. The molecule has 2 rings (SSSR count). The van der Waals surface area contributed by atoms with Gasteiger partial charge in [0.1, 0.15) is 5.01 Å². The van der Waals surface area contributed by atoms with Crippen molar-refractivity contribution in [2.45, 2.75) is 39.7 Å². The van der Waals surface area contributed by atoms with Crippen molar-refractivity contribution in [3.8, 4) is 0 Å². The van der Waals surface area contributed by atoms with Crippen LogP contribution < -0.4 is 5.32 Å². The van der Waals surface area contributed by atoms with Crippen molar-refractivity contribution in [2.24, 2.45) is 0 Å². The number of aromatic nitrogens is 1. The summed E-state index contributed by atoms with van der Waals surface area (Å²) in [6, 6.07) is 0. The zero-order valence-corrected chi connectivity index (χ0v) is 13.1. The largest absolute Gasteiger partial charge is 0.314 e. The van der Waals surface area contributed by atoms with E-state index in [9.17, 15) is 4.79 Å². The Bertz CT molecular complexity index is 442. The summed E-state index contributed by atoms with van der Waals surface area (Å²) in [6.45, 7) is 11.9. The Morgan fingerprint density at radius 3 is 2.53 bits per heavy atom. The van der Waals surface area contributed by atoms with Crippen LogP contribution in [0.5, 0.6) is 0 Å². The number of carbonyl (C=O) groups is 1. The second kappa shape index (κ2) is 5.69. The monoisotopic (exact) mass is 281 g/mol. The van der Waals surface area contributed by atoms with Crippen LogP contribution in [0, 0.1) is 13.8 Å². The van der Waals surface area contributed by atoms with Crippen molar-refractivity contribution in [3.05, 3.63) is 15.6 Å². The van der Waals surface area contributed by atoms with Crippen LogP contribution in [0.1, 0.15) is 29.4 Å². The van der Waals surface area contributed by atoms with E-state index in [1.165, 1.54) is 4.88 Å². The first kappa shape index (κ1) is 14.6. The minimum atomic E-state index is -0.393. The van der Waals surface area contributed by atoms with Crippen LogP contribution in [0.15, 0.2) is 0 Å². The van der Waals surface area contributed by atoms with E-state index >= 15 is 0 Å². The minimum absolute atomic E-state index is 0.267. The maximum absolute atomic E-state index is 12.6. The van der Waals surface area contributed by atoms with E-state index in [4.69, 9.17) is 0 Å². The van der Waals surface area contributed by atoms with Gasteiger partial charge in [-0.15, -0.1) is 11.3 Å². The quantitative estimate of drug-likeness (QED) is 0.909. The SMILES string of the molecule is Cc1nc(CC(=O)C(C)(C)N2CCNCC2)sc1C. The Labute approximate surface area is 119 Å². The third kappa shape index (κ3) is 3.22. The molecule has 1 fully saturated rings. The maximum atomic E-state index is 12.6. The molecule has 1 aromatic heterocycles. The Morgan fingerprint density at radius 2 is 2.00 bits per heavy atom. The first-order valence-electron chi connectivity index (χ1n) is 6.83. The van der Waals surface area contributed by atoms with Crippen molar-refractivity contribution >= 4 is 17.1 Å². The lowest BCUT2D eigenvalue weighted by Crippen LogP contribution is -2.57. The van der Waals surface area contributed by atoms with Gasteiger partial charge in [-0.1, -0.05) is 0 Å². The molecule has 0 atom stereocenters. The Morgan fingerprint density at radius 1 is 1.37 bits per heavy atom. The summed E-state index contributed by atoms with van der Waals surface area (Å²) in [6.07, 6.45) is 0.455. The number of hydrogen-bond donors (Lipinski definition) is 1. The lowest BCUT2D eigenvalue weighted by atomic mass is 9.93. The molecule has 1 aliphatic rings. The van der Waals surface area contributed by atoms with E-state index in [-0.39, 0.29) is 5.78 Å². The zero-order chi connectivity index (χ0) is 14.0. The molecule has 19 heavy (non-hydrogen) atoms. The van der Waals surface area contributed by atoms with Crippen molar-refractivity contribution < 1.29 is 4.79 Å². The van der Waals surface area contributed by atoms with Crippen LogP contribution in [-0.4, -0.2) is 47.4 Å². The Hall–Kier alpha value is -0.780. The van der Waals surface area contributed by atoms with Gasteiger partial charge < -0.3 is 5.32 Å². The number of Topliss-reactive ketones (excluding diaryl/α,β-unsaturated/α-hetero) is 1. The van der Waals surface area contributed by atoms with Gasteiger partial charge in [-0.3, -0.25) is 9.69 Å². The molecule has 1 aromatic rings. The van der Waals surface area contributed by atoms with Crippen molar-refractivity contribution in [1.29, 1.82) is 0 Å². The van der Waals surface area contributed by atoms with Crippen molar-refractivity contribution in [3.63, 3.8) is 0 Å². The highest BCUT2D eigenvalue weighted by molar-refractivity contribution is 7.11. The van der Waals surface area contributed by atoms with Gasteiger partial charge in [0, 0.05) is 31.1 Å². The Balaban J connectivity index is 2.05. The number of nitrogens with one attached hydrogen (secondary N) is 1. The predicted octanol–water partition coefficient (Wildman–Crippen LogP) is 1.56. The van der Waals surface area contributed by atoms with E-state index < -0.39 is 5.54 Å². The van der Waals surface area contributed by atoms with Crippen LogP contribution in [0.3, 0.4) is 0 Å². The molecule has 1 aliphatic heterocycles. The third-order valence-corrected chi connectivity index (χ3v) is 5.05. The normalized spacial score (nSPS) is 17.7. The summed E-state index contributed by atoms with van der Waals surface area (Å²) in [5.41, 5.74) is 0.656. The van der Waals surface area contributed by atoms with Crippen molar-refractivity contribution in [1.82, 2.24) is 15.2 Å². The van der Waals surface area contributed by atoms with E-state index in [1.807, 2.05) is 20.8 Å². The van der Waals surface area contributed by atoms with E-state index in [0.717, 1.165) is 36.9 Å². The summed E-state index contributed by atoms with van der Waals surface area (Å²) in [7, 11) is 0. The fraction of sp³-hybridized carbons (Fsp3) is 0.714. The number of carbonyl (C=O) groups excluding carboxylic acids is 1. The van der Waals surface area contributed by atoms with Gasteiger partial charge in [0.2, 0.25) is 0 Å². The summed E-state index contributed by atoms with van der Waals surface area (Å²) < 4.78 is 0. The number of ketones is 1. The van der Waals surface area contributed by atoms with Gasteiger partial charge in [0.15, 0.2) is 5.78 Å². The van der Waals surface area contributed by atoms with Crippen LogP contribution in [0.2, 0.25) is 0 Å². The molecule has 4 nitrogen and oxygen atoms in total. The molecule has 0 aromatic carbocycles. The van der Waals surface area contributed by atoms with Crippen LogP contribution in [0.25, 0.3) is 0 Å². The fourth-order valence-corrected chi connectivity index (χ4v) is 3.30. The second-order valence-electron chi connectivity index (χ2n) is 5.65. The summed E-state index contributed by atoms with van der Waals surface area (Å²) in [5, 5.41) is 4.27. The number of nitrogens with zero attached hydrogens (tertiary/aromatic N) is 2. The smallest absolute Gasteiger partial charge is 0.159 e. The maximum Gasteiger partial charge on any atom is 0.159 e. The molecule has 0 amide bonds. The van der Waals surface area contributed by atoms with Crippen LogP contribution in [-0.2, 0) is 11.2 Å². The summed E-state index contributed by atoms with van der Waals surface area (Å²) >= 11 is 1.64. The van der Waals surface area contributed by atoms with Gasteiger partial charge in [-0.05, 0) is 27.7 Å². The number of thiazole rings is 1. The Kier molecular flexibility index (Phi) is 4.38. The van der Waals surface area contributed by atoms with Crippen LogP contribution in [0.4, 0.5) is 0 Å². The minimum Gasteiger partial charge on any atom is -0.314 e. The van der Waals surface area contributed by atoms with E-state index in [0.29, 0.717) is 6.42 Å². The molecule has 2 heterocycles. The van der Waals surface area contributed by atoms with Gasteiger partial charge >= 0.3 is 0 Å². The molecule has 0 radical (unpaired) electrons. The van der Waals surface area contributed by atoms with Crippen LogP contribution >= 0.6 is 11.3 Å². The molecule has 1 saturated heterocycles. The van der Waals surface area contributed by atoms with E-state index in [1.54, 1.807) is 11.3 Å². The zero-order valence-electron chi connectivity index (χ0n) is 12.2. The second-order valence-corrected chi connectivity index (χ2v) is 6.93. The highest BCUT2D eigenvalue weighted by atomic mass is 32.1. The predicted molar refractivity (Wildman–Crippen MR) is 78.8 cm³/mol. The average molecular weight is 281 g/mol. The average Bonchev–Trinajstić information content (AvgIpc) is 2.69. The molecule has 0 saturated carbocycles. The summed E-state index contributed by atoms with van der Waals surface area (Å²) in [4.78, 5) is 20.5. The number of aryl methyl sites for hydroxylation is 2. The molecule has 0 unspecified atom stereocenters. The van der Waals surface area contributed by atoms with Crippen molar-refractivity contribution in [2.75, 3.05) is 26.2 Å². The molecular formula is C14H23N3OS. The number of piperazine rings is 1. The first-order chi connectivity index (χ1) is 8.91. The molecule has 1 N–H and O–H groups in total. The highest BCUT2D eigenvalue weighted by Gasteiger charge is 2.35. The van der Waals surface area contributed by atoms with Gasteiger partial charge in [-0.25, -0.2) is 4.98 Å². The fourth-order valence-electron chi connectivity index (χ4n) is 2.37. The van der Waals surface area contributed by atoms with Gasteiger partial charge in [0.05, 0.1) is 17.7 Å². The topological polar surface area (TPSA) is 45.2 Å². The molecule has 0 bridgehead atoms. The molecular weight excluding hydrogens is 258 g/mol. The molecule has 5 heteroatoms. The van der Waals surface area contributed by atoms with E-state index in [2.05, 4.69) is 22.1 Å². The standard InChI is InChI=1S/C14H23N3OS/c1-10-11(2)19-13(16-10)9-12(18)14(3,4)17-7-5-15-6-8-17/h15H,5-9H2,1-4H3. The molecule has 0 aliphatic carbocycles. The first-order valence-corrected chi connectivity index (χ1v) is 7.65.